The summed E-state index contributed by atoms with van der Waals surface area (Å²) < 4.78 is 5.48. The molecule has 21 heavy (non-hydrogen) atoms. The predicted octanol–water partition coefficient (Wildman–Crippen LogP) is 4.58. The highest BCUT2D eigenvalue weighted by Crippen LogP contribution is 2.37. The van der Waals surface area contributed by atoms with Crippen LogP contribution >= 0.6 is 11.8 Å². The average molecular weight is 299 g/mol. The molecule has 3 rings (SSSR count). The zero-order valence-electron chi connectivity index (χ0n) is 12.5. The lowest BCUT2D eigenvalue weighted by atomic mass is 10.0. The van der Waals surface area contributed by atoms with E-state index < -0.39 is 0 Å². The highest BCUT2D eigenvalue weighted by atomic mass is 32.2. The third-order valence-electron chi connectivity index (χ3n) is 4.02. The van der Waals surface area contributed by atoms with Crippen molar-refractivity contribution in [3.8, 4) is 5.75 Å². The second-order valence-electron chi connectivity index (χ2n) is 5.36. The number of thioether (sulfide) groups is 1. The van der Waals surface area contributed by atoms with Gasteiger partial charge >= 0.3 is 0 Å². The van der Waals surface area contributed by atoms with E-state index in [0.29, 0.717) is 6.04 Å². The molecule has 0 saturated carbocycles. The van der Waals surface area contributed by atoms with Gasteiger partial charge in [-0.05, 0) is 36.8 Å². The first-order chi connectivity index (χ1) is 10.3. The first kappa shape index (κ1) is 14.5. The number of fused-ring (bicyclic) bond motifs is 1. The van der Waals surface area contributed by atoms with Gasteiger partial charge < -0.3 is 10.1 Å². The van der Waals surface area contributed by atoms with Crippen LogP contribution in [0, 0.1) is 0 Å². The van der Waals surface area contributed by atoms with Gasteiger partial charge in [0.05, 0.1) is 7.11 Å². The number of rotatable bonds is 4. The number of nitrogens with one attached hydrogen (secondary N) is 1. The van der Waals surface area contributed by atoms with Gasteiger partial charge in [0.15, 0.2) is 0 Å². The Labute approximate surface area is 130 Å². The Balaban J connectivity index is 1.81. The van der Waals surface area contributed by atoms with Crippen molar-refractivity contribution in [1.82, 2.24) is 5.32 Å². The van der Waals surface area contributed by atoms with Gasteiger partial charge in [-0.2, -0.15) is 0 Å². The number of hydrogen-bond donors (Lipinski definition) is 1. The first-order valence-electron chi connectivity index (χ1n) is 7.40. The third kappa shape index (κ3) is 3.09. The van der Waals surface area contributed by atoms with Crippen LogP contribution in [0.15, 0.2) is 53.4 Å². The molecule has 0 fully saturated rings. The minimum absolute atomic E-state index is 0.266. The molecule has 0 spiro atoms. The van der Waals surface area contributed by atoms with Gasteiger partial charge in [-0.1, -0.05) is 36.4 Å². The van der Waals surface area contributed by atoms with Crippen LogP contribution in [0.25, 0.3) is 0 Å². The maximum Gasteiger partial charge on any atom is 0.123 e. The van der Waals surface area contributed by atoms with E-state index in [1.165, 1.54) is 28.2 Å². The Hall–Kier alpha value is -1.45. The topological polar surface area (TPSA) is 21.3 Å². The molecule has 0 amide bonds. The van der Waals surface area contributed by atoms with Gasteiger partial charge in [0.1, 0.15) is 5.75 Å². The summed E-state index contributed by atoms with van der Waals surface area (Å²) in [7, 11) is 1.73. The number of para-hydroxylation sites is 1. The molecule has 1 N–H and O–H groups in total. The highest BCUT2D eigenvalue weighted by Gasteiger charge is 2.22. The monoisotopic (exact) mass is 299 g/mol. The molecule has 0 aliphatic carbocycles. The van der Waals surface area contributed by atoms with Crippen LogP contribution in [0.5, 0.6) is 5.75 Å². The zero-order valence-corrected chi connectivity index (χ0v) is 13.3. The Morgan fingerprint density at radius 3 is 2.76 bits per heavy atom. The lowest BCUT2D eigenvalue weighted by Gasteiger charge is -2.29. The van der Waals surface area contributed by atoms with Gasteiger partial charge in [-0.3, -0.25) is 0 Å². The van der Waals surface area contributed by atoms with Crippen LogP contribution in [0.4, 0.5) is 0 Å². The average Bonchev–Trinajstić information content (AvgIpc) is 2.55. The molecule has 3 heteroatoms. The van der Waals surface area contributed by atoms with Crippen LogP contribution in [-0.2, 0) is 0 Å². The summed E-state index contributed by atoms with van der Waals surface area (Å²) in [5, 5.41) is 3.77. The van der Waals surface area contributed by atoms with Crippen molar-refractivity contribution in [1.29, 1.82) is 0 Å². The largest absolute Gasteiger partial charge is 0.496 e. The van der Waals surface area contributed by atoms with Crippen molar-refractivity contribution in [3.05, 3.63) is 59.7 Å². The first-order valence-corrected chi connectivity index (χ1v) is 8.39. The minimum Gasteiger partial charge on any atom is -0.496 e. The fourth-order valence-corrected chi connectivity index (χ4v) is 4.06. The summed E-state index contributed by atoms with van der Waals surface area (Å²) >= 11 is 1.96. The predicted molar refractivity (Wildman–Crippen MR) is 89.1 cm³/mol. The maximum atomic E-state index is 5.48. The van der Waals surface area contributed by atoms with Crippen molar-refractivity contribution < 1.29 is 4.74 Å². The molecule has 2 aromatic carbocycles. The molecular formula is C18H21NOS. The fraction of sp³-hybridized carbons (Fsp3) is 0.333. The molecule has 0 aromatic heterocycles. The lowest BCUT2D eigenvalue weighted by Crippen LogP contribution is -2.27. The molecule has 2 atom stereocenters. The summed E-state index contributed by atoms with van der Waals surface area (Å²) in [6.07, 6.45) is 1.17. The van der Waals surface area contributed by atoms with Gasteiger partial charge in [-0.25, -0.2) is 0 Å². The van der Waals surface area contributed by atoms with E-state index in [1.807, 2.05) is 23.9 Å². The van der Waals surface area contributed by atoms with Gasteiger partial charge in [0, 0.05) is 22.5 Å². The fourth-order valence-electron chi connectivity index (χ4n) is 2.93. The van der Waals surface area contributed by atoms with Crippen molar-refractivity contribution in [2.45, 2.75) is 30.3 Å². The van der Waals surface area contributed by atoms with Crippen molar-refractivity contribution in [2.75, 3.05) is 12.9 Å². The Bertz CT molecular complexity index is 614. The summed E-state index contributed by atoms with van der Waals surface area (Å²) in [6.45, 7) is 2.21. The normalized spacial score (nSPS) is 18.9. The summed E-state index contributed by atoms with van der Waals surface area (Å²) in [5.41, 5.74) is 2.64. The van der Waals surface area contributed by atoms with E-state index >= 15 is 0 Å². The van der Waals surface area contributed by atoms with Crippen molar-refractivity contribution >= 4 is 11.8 Å². The number of methoxy groups -OCH3 is 1. The summed E-state index contributed by atoms with van der Waals surface area (Å²) in [5.74, 6) is 2.13. The molecular weight excluding hydrogens is 278 g/mol. The smallest absolute Gasteiger partial charge is 0.123 e. The van der Waals surface area contributed by atoms with Crippen LogP contribution in [0.1, 0.15) is 36.6 Å². The minimum atomic E-state index is 0.266. The third-order valence-corrected chi connectivity index (χ3v) is 5.14. The molecule has 1 heterocycles. The van der Waals surface area contributed by atoms with Gasteiger partial charge in [-0.15, -0.1) is 11.8 Å². The SMILES string of the molecule is COc1ccccc1[C@H](C)NC1CCSc2ccccc21. The second-order valence-corrected chi connectivity index (χ2v) is 6.49. The summed E-state index contributed by atoms with van der Waals surface area (Å²) in [6, 6.07) is 17.7. The standard InChI is InChI=1S/C18H21NOS/c1-13(14-7-3-5-9-17(14)20-2)19-16-11-12-21-18-10-6-4-8-15(16)18/h3-10,13,16,19H,11-12H2,1-2H3/t13-,16?/m0/s1. The van der Waals surface area contributed by atoms with E-state index in [2.05, 4.69) is 48.6 Å². The van der Waals surface area contributed by atoms with E-state index in [4.69, 9.17) is 4.74 Å². The molecule has 1 aliphatic rings. The van der Waals surface area contributed by atoms with Crippen LogP contribution in [0.3, 0.4) is 0 Å². The van der Waals surface area contributed by atoms with Crippen molar-refractivity contribution in [3.63, 3.8) is 0 Å². The number of ether oxygens (including phenoxy) is 1. The van der Waals surface area contributed by atoms with E-state index in [1.54, 1.807) is 7.11 Å². The van der Waals surface area contributed by atoms with Crippen molar-refractivity contribution in [2.24, 2.45) is 0 Å². The van der Waals surface area contributed by atoms with E-state index in [0.717, 1.165) is 5.75 Å². The van der Waals surface area contributed by atoms with Crippen LogP contribution in [0.2, 0.25) is 0 Å². The molecule has 1 unspecified atom stereocenters. The Morgan fingerprint density at radius 2 is 1.90 bits per heavy atom. The van der Waals surface area contributed by atoms with E-state index in [9.17, 15) is 0 Å². The van der Waals surface area contributed by atoms with Crippen LogP contribution in [-0.4, -0.2) is 12.9 Å². The summed E-state index contributed by atoms with van der Waals surface area (Å²) in [4.78, 5) is 1.41. The second kappa shape index (κ2) is 6.54. The lowest BCUT2D eigenvalue weighted by molar-refractivity contribution is 0.391. The molecule has 2 nitrogen and oxygen atoms in total. The zero-order chi connectivity index (χ0) is 14.7. The molecule has 110 valence electrons. The maximum absolute atomic E-state index is 5.48. The molecule has 0 saturated heterocycles. The van der Waals surface area contributed by atoms with Gasteiger partial charge in [0.2, 0.25) is 0 Å². The van der Waals surface area contributed by atoms with Gasteiger partial charge in [0.25, 0.3) is 0 Å². The number of benzene rings is 2. The molecule has 2 aromatic rings. The Morgan fingerprint density at radius 1 is 1.14 bits per heavy atom. The molecule has 0 bridgehead atoms. The van der Waals surface area contributed by atoms with E-state index in [-0.39, 0.29) is 6.04 Å². The Kier molecular flexibility index (Phi) is 4.51. The van der Waals surface area contributed by atoms with Crippen LogP contribution < -0.4 is 10.1 Å². The quantitative estimate of drug-likeness (QED) is 0.892. The molecule has 0 radical (unpaired) electrons. The molecule has 1 aliphatic heterocycles. The number of hydrogen-bond acceptors (Lipinski definition) is 3. The highest BCUT2D eigenvalue weighted by molar-refractivity contribution is 7.99.